The quantitative estimate of drug-likeness (QED) is 0.589. The van der Waals surface area contributed by atoms with Crippen molar-refractivity contribution in [2.75, 3.05) is 19.5 Å². The Balaban J connectivity index is 1.73. The smallest absolute Gasteiger partial charge is 0.248 e. The van der Waals surface area contributed by atoms with Gasteiger partial charge < -0.3 is 14.8 Å². The summed E-state index contributed by atoms with van der Waals surface area (Å²) in [6.07, 6.45) is 3.05. The molecule has 0 aliphatic heterocycles. The van der Waals surface area contributed by atoms with Gasteiger partial charge in [-0.25, -0.2) is 4.39 Å². The second kappa shape index (κ2) is 9.26. The monoisotopic (exact) mass is 409 g/mol. The fraction of sp³-hybridized carbons (Fsp3) is 0.217. The zero-order chi connectivity index (χ0) is 21.7. The first-order chi connectivity index (χ1) is 14.4. The molecule has 1 amide bonds. The molecule has 3 rings (SSSR count). The molecular formula is C23H24FN3O3. The van der Waals surface area contributed by atoms with Gasteiger partial charge in [0.25, 0.3) is 0 Å². The lowest BCUT2D eigenvalue weighted by Crippen LogP contribution is -2.10. The zero-order valence-corrected chi connectivity index (χ0v) is 17.4. The fourth-order valence-electron chi connectivity index (χ4n) is 3.09. The number of anilines is 1. The van der Waals surface area contributed by atoms with Gasteiger partial charge >= 0.3 is 0 Å². The van der Waals surface area contributed by atoms with Crippen molar-refractivity contribution in [1.29, 1.82) is 0 Å². The van der Waals surface area contributed by atoms with E-state index in [2.05, 4.69) is 10.4 Å². The van der Waals surface area contributed by atoms with Gasteiger partial charge in [-0.1, -0.05) is 18.2 Å². The summed E-state index contributed by atoms with van der Waals surface area (Å²) in [6.45, 7) is 4.27. The molecule has 156 valence electrons. The number of halogens is 1. The molecule has 0 atom stereocenters. The second-order valence-electron chi connectivity index (χ2n) is 6.77. The summed E-state index contributed by atoms with van der Waals surface area (Å²) in [5, 5.41) is 7.43. The number of methoxy groups -OCH3 is 2. The summed E-state index contributed by atoms with van der Waals surface area (Å²) in [4.78, 5) is 12.3. The molecule has 0 radical (unpaired) electrons. The van der Waals surface area contributed by atoms with Gasteiger partial charge in [-0.2, -0.15) is 5.10 Å². The summed E-state index contributed by atoms with van der Waals surface area (Å²) in [6, 6.07) is 11.6. The number of carbonyl (C=O) groups is 1. The van der Waals surface area contributed by atoms with Crippen LogP contribution < -0.4 is 14.8 Å². The van der Waals surface area contributed by atoms with Gasteiger partial charge in [-0.05, 0) is 55.3 Å². The summed E-state index contributed by atoms with van der Waals surface area (Å²) in [5.41, 5.74) is 3.96. The molecule has 30 heavy (non-hydrogen) atoms. The summed E-state index contributed by atoms with van der Waals surface area (Å²) >= 11 is 0. The van der Waals surface area contributed by atoms with Crippen molar-refractivity contribution < 1.29 is 18.7 Å². The van der Waals surface area contributed by atoms with E-state index in [-0.39, 0.29) is 11.7 Å². The average Bonchev–Trinajstić information content (AvgIpc) is 3.00. The first-order valence-electron chi connectivity index (χ1n) is 9.40. The maximum absolute atomic E-state index is 13.0. The third-order valence-electron chi connectivity index (χ3n) is 4.71. The Hall–Kier alpha value is -3.61. The normalized spacial score (nSPS) is 11.0. The minimum Gasteiger partial charge on any atom is -0.493 e. The molecule has 3 aromatic rings. The van der Waals surface area contributed by atoms with Crippen molar-refractivity contribution in [3.63, 3.8) is 0 Å². The lowest BCUT2D eigenvalue weighted by atomic mass is 10.2. The standard InChI is InChI=1S/C23H24FN3O3/c1-15-23(25-22(28)12-8-17-5-9-19(24)10-6-17)16(2)27(26-15)14-18-7-11-20(29-3)21(13-18)30-4/h5-13H,14H2,1-4H3,(H,25,28)/b12-8+. The lowest BCUT2D eigenvalue weighted by molar-refractivity contribution is -0.111. The van der Waals surface area contributed by atoms with Crippen LogP contribution >= 0.6 is 0 Å². The first kappa shape index (κ1) is 21.1. The number of hydrogen-bond donors (Lipinski definition) is 1. The molecule has 2 aromatic carbocycles. The molecule has 0 aliphatic rings. The number of nitrogens with one attached hydrogen (secondary N) is 1. The molecular weight excluding hydrogens is 385 g/mol. The molecule has 0 fully saturated rings. The van der Waals surface area contributed by atoms with Gasteiger partial charge in [0.2, 0.25) is 5.91 Å². The Kier molecular flexibility index (Phi) is 6.51. The van der Waals surface area contributed by atoms with E-state index in [1.54, 1.807) is 32.4 Å². The molecule has 0 bridgehead atoms. The molecule has 0 unspecified atom stereocenters. The van der Waals surface area contributed by atoms with Crippen LogP contribution in [-0.2, 0) is 11.3 Å². The average molecular weight is 409 g/mol. The lowest BCUT2D eigenvalue weighted by Gasteiger charge is -2.10. The van der Waals surface area contributed by atoms with Crippen LogP contribution in [0.5, 0.6) is 11.5 Å². The highest BCUT2D eigenvalue weighted by atomic mass is 19.1. The minimum atomic E-state index is -0.315. The van der Waals surface area contributed by atoms with Crippen LogP contribution in [0.2, 0.25) is 0 Å². The van der Waals surface area contributed by atoms with Gasteiger partial charge in [0.1, 0.15) is 5.82 Å². The van der Waals surface area contributed by atoms with E-state index >= 15 is 0 Å². The van der Waals surface area contributed by atoms with E-state index in [0.717, 1.165) is 22.5 Å². The molecule has 7 heteroatoms. The third-order valence-corrected chi connectivity index (χ3v) is 4.71. The second-order valence-corrected chi connectivity index (χ2v) is 6.77. The molecule has 1 heterocycles. The van der Waals surface area contributed by atoms with Crippen molar-refractivity contribution in [1.82, 2.24) is 9.78 Å². The maximum atomic E-state index is 13.0. The Bertz CT molecular complexity index is 1070. The molecule has 0 aliphatic carbocycles. The first-order valence-corrected chi connectivity index (χ1v) is 9.40. The number of benzene rings is 2. The van der Waals surface area contributed by atoms with Crippen molar-refractivity contribution in [3.05, 3.63) is 76.9 Å². The predicted octanol–water partition coefficient (Wildman–Crippen LogP) is 4.36. The van der Waals surface area contributed by atoms with Crippen molar-refractivity contribution in [2.45, 2.75) is 20.4 Å². The number of aromatic nitrogens is 2. The molecule has 6 nitrogen and oxygen atoms in total. The van der Waals surface area contributed by atoms with E-state index in [0.29, 0.717) is 23.7 Å². The third kappa shape index (κ3) is 4.86. The predicted molar refractivity (Wildman–Crippen MR) is 114 cm³/mol. The number of carbonyl (C=O) groups excluding carboxylic acids is 1. The van der Waals surface area contributed by atoms with E-state index in [4.69, 9.17) is 9.47 Å². The minimum absolute atomic E-state index is 0.281. The topological polar surface area (TPSA) is 65.4 Å². The highest BCUT2D eigenvalue weighted by molar-refractivity contribution is 6.02. The van der Waals surface area contributed by atoms with E-state index in [1.807, 2.05) is 36.7 Å². The Labute approximate surface area is 174 Å². The highest BCUT2D eigenvalue weighted by Crippen LogP contribution is 2.28. The fourth-order valence-corrected chi connectivity index (χ4v) is 3.09. The molecule has 1 aromatic heterocycles. The van der Waals surface area contributed by atoms with Gasteiger partial charge in [0.05, 0.1) is 37.8 Å². The molecule has 0 saturated carbocycles. The van der Waals surface area contributed by atoms with E-state index < -0.39 is 0 Å². The molecule has 0 spiro atoms. The van der Waals surface area contributed by atoms with Gasteiger partial charge in [-0.3, -0.25) is 9.48 Å². The van der Waals surface area contributed by atoms with E-state index in [9.17, 15) is 9.18 Å². The Morgan fingerprint density at radius 2 is 1.80 bits per heavy atom. The Morgan fingerprint density at radius 3 is 2.47 bits per heavy atom. The van der Waals surface area contributed by atoms with Crippen LogP contribution in [0.1, 0.15) is 22.5 Å². The number of amides is 1. The van der Waals surface area contributed by atoms with Crippen LogP contribution in [0, 0.1) is 19.7 Å². The number of ether oxygens (including phenoxy) is 2. The number of aryl methyl sites for hydroxylation is 1. The highest BCUT2D eigenvalue weighted by Gasteiger charge is 2.14. The molecule has 1 N–H and O–H groups in total. The zero-order valence-electron chi connectivity index (χ0n) is 17.4. The largest absolute Gasteiger partial charge is 0.493 e. The maximum Gasteiger partial charge on any atom is 0.248 e. The summed E-state index contributed by atoms with van der Waals surface area (Å²) in [5.74, 6) is 0.715. The number of nitrogens with zero attached hydrogens (tertiary/aromatic N) is 2. The molecule has 0 saturated heterocycles. The Morgan fingerprint density at radius 1 is 1.10 bits per heavy atom. The summed E-state index contributed by atoms with van der Waals surface area (Å²) in [7, 11) is 3.19. The number of hydrogen-bond acceptors (Lipinski definition) is 4. The number of rotatable bonds is 7. The van der Waals surface area contributed by atoms with Crippen LogP contribution in [0.3, 0.4) is 0 Å². The van der Waals surface area contributed by atoms with Crippen molar-refractivity contribution in [3.8, 4) is 11.5 Å². The van der Waals surface area contributed by atoms with Gasteiger partial charge in [0.15, 0.2) is 11.5 Å². The van der Waals surface area contributed by atoms with Crippen LogP contribution in [0.25, 0.3) is 6.08 Å². The SMILES string of the molecule is COc1ccc(Cn2nc(C)c(NC(=O)/C=C/c3ccc(F)cc3)c2C)cc1OC. The van der Waals surface area contributed by atoms with Crippen molar-refractivity contribution >= 4 is 17.7 Å². The van der Waals surface area contributed by atoms with Crippen LogP contribution in [0.15, 0.2) is 48.5 Å². The van der Waals surface area contributed by atoms with Crippen LogP contribution in [-0.4, -0.2) is 29.9 Å². The van der Waals surface area contributed by atoms with E-state index in [1.165, 1.54) is 18.2 Å². The van der Waals surface area contributed by atoms with Crippen molar-refractivity contribution in [2.24, 2.45) is 0 Å². The van der Waals surface area contributed by atoms with Gasteiger partial charge in [-0.15, -0.1) is 0 Å². The summed E-state index contributed by atoms with van der Waals surface area (Å²) < 4.78 is 25.4. The van der Waals surface area contributed by atoms with Crippen LogP contribution in [0.4, 0.5) is 10.1 Å². The van der Waals surface area contributed by atoms with Gasteiger partial charge in [0, 0.05) is 6.08 Å².